The highest BCUT2D eigenvalue weighted by molar-refractivity contribution is 5.99. The molecule has 0 atom stereocenters. The minimum absolute atomic E-state index is 0.286. The van der Waals surface area contributed by atoms with Gasteiger partial charge in [0.15, 0.2) is 0 Å². The molecule has 0 unspecified atom stereocenters. The topological polar surface area (TPSA) is 27.6 Å². The van der Waals surface area contributed by atoms with E-state index in [1.54, 1.807) is 0 Å². The van der Waals surface area contributed by atoms with Gasteiger partial charge in [-0.25, -0.2) is 4.99 Å². The molecule has 0 saturated heterocycles. The van der Waals surface area contributed by atoms with Gasteiger partial charge in [-0.05, 0) is 69.9 Å². The summed E-state index contributed by atoms with van der Waals surface area (Å²) in [5.41, 5.74) is 6.14. The Morgan fingerprint density at radius 2 is 1.89 bits per heavy atom. The lowest BCUT2D eigenvalue weighted by Gasteiger charge is -2.32. The molecule has 0 radical (unpaired) electrons. The van der Waals surface area contributed by atoms with E-state index < -0.39 is 0 Å². The zero-order valence-corrected chi connectivity index (χ0v) is 17.2. The Balaban J connectivity index is 2.09. The van der Waals surface area contributed by atoms with E-state index in [2.05, 4.69) is 99.5 Å². The summed E-state index contributed by atoms with van der Waals surface area (Å²) < 4.78 is 0. The Hall–Kier alpha value is -2.55. The highest BCUT2D eigenvalue weighted by Gasteiger charge is 2.20. The number of benzene rings is 2. The van der Waals surface area contributed by atoms with Crippen LogP contribution in [0.15, 0.2) is 53.5 Å². The van der Waals surface area contributed by atoms with Gasteiger partial charge in [-0.2, -0.15) is 0 Å². The Morgan fingerprint density at radius 3 is 2.59 bits per heavy atom. The molecule has 3 nitrogen and oxygen atoms in total. The second-order valence-electron chi connectivity index (χ2n) is 7.68. The van der Waals surface area contributed by atoms with Crippen LogP contribution in [0.5, 0.6) is 0 Å². The summed E-state index contributed by atoms with van der Waals surface area (Å²) in [6, 6.07) is 15.8. The minimum Gasteiger partial charge on any atom is -0.353 e. The van der Waals surface area contributed by atoms with Crippen molar-refractivity contribution in [2.45, 2.75) is 59.5 Å². The van der Waals surface area contributed by atoms with Crippen LogP contribution in [0, 0.1) is 0 Å². The summed E-state index contributed by atoms with van der Waals surface area (Å²) in [6.45, 7) is 10.9. The number of hydrogen-bond donors (Lipinski definition) is 1. The highest BCUT2D eigenvalue weighted by atomic mass is 15.3. The van der Waals surface area contributed by atoms with Crippen molar-refractivity contribution >= 4 is 23.4 Å². The van der Waals surface area contributed by atoms with Gasteiger partial charge in [0.25, 0.3) is 0 Å². The SMILES string of the molecule is CCc1cccc(N(C(=Nc2cccc3c2C=CC3)NC(C)C)C(C)C)c1. The first-order chi connectivity index (χ1) is 13.0. The van der Waals surface area contributed by atoms with E-state index in [0.717, 1.165) is 24.5 Å². The van der Waals surface area contributed by atoms with E-state index in [0.29, 0.717) is 6.04 Å². The molecule has 0 aromatic heterocycles. The van der Waals surface area contributed by atoms with Gasteiger partial charge in [0.1, 0.15) is 0 Å². The standard InChI is InChI=1S/C24H31N3/c1-6-19-10-7-13-21(16-19)27(18(4)5)24(25-17(2)3)26-23-15-9-12-20-11-8-14-22(20)23/h7-10,12-18H,6,11H2,1-5H3,(H,25,26). The van der Waals surface area contributed by atoms with Crippen LogP contribution < -0.4 is 10.2 Å². The first-order valence-electron chi connectivity index (χ1n) is 10.0. The molecule has 0 heterocycles. The molecular formula is C24H31N3. The summed E-state index contributed by atoms with van der Waals surface area (Å²) in [5, 5.41) is 3.59. The normalized spacial score (nSPS) is 13.4. The van der Waals surface area contributed by atoms with Gasteiger partial charge in [0.05, 0.1) is 5.69 Å². The monoisotopic (exact) mass is 361 g/mol. The maximum Gasteiger partial charge on any atom is 0.204 e. The third-order valence-electron chi connectivity index (χ3n) is 4.78. The molecule has 1 aliphatic rings. The molecular weight excluding hydrogens is 330 g/mol. The summed E-state index contributed by atoms with van der Waals surface area (Å²) in [6.07, 6.45) is 6.43. The number of guanidine groups is 1. The maximum absolute atomic E-state index is 5.10. The van der Waals surface area contributed by atoms with Gasteiger partial charge in [0.2, 0.25) is 5.96 Å². The quantitative estimate of drug-likeness (QED) is 0.545. The average molecular weight is 362 g/mol. The van der Waals surface area contributed by atoms with E-state index in [4.69, 9.17) is 4.99 Å². The number of allylic oxidation sites excluding steroid dienone is 1. The van der Waals surface area contributed by atoms with Gasteiger partial charge in [-0.15, -0.1) is 0 Å². The first-order valence-corrected chi connectivity index (χ1v) is 10.0. The van der Waals surface area contributed by atoms with Gasteiger partial charge < -0.3 is 10.2 Å². The smallest absolute Gasteiger partial charge is 0.204 e. The largest absolute Gasteiger partial charge is 0.353 e. The minimum atomic E-state index is 0.286. The van der Waals surface area contributed by atoms with Crippen LogP contribution in [0.2, 0.25) is 0 Å². The zero-order valence-electron chi connectivity index (χ0n) is 17.2. The second-order valence-corrected chi connectivity index (χ2v) is 7.68. The number of anilines is 1. The van der Waals surface area contributed by atoms with Crippen molar-refractivity contribution in [3.05, 3.63) is 65.2 Å². The highest BCUT2D eigenvalue weighted by Crippen LogP contribution is 2.30. The fraction of sp³-hybridized carbons (Fsp3) is 0.375. The van der Waals surface area contributed by atoms with E-state index in [1.807, 2.05) is 0 Å². The van der Waals surface area contributed by atoms with Crippen LogP contribution in [0.25, 0.3) is 6.08 Å². The van der Waals surface area contributed by atoms with Crippen LogP contribution in [0.3, 0.4) is 0 Å². The van der Waals surface area contributed by atoms with Crippen LogP contribution in [-0.2, 0) is 12.8 Å². The second kappa shape index (κ2) is 8.43. The molecule has 2 aromatic rings. The molecule has 0 fully saturated rings. The van der Waals surface area contributed by atoms with Crippen LogP contribution in [0.4, 0.5) is 11.4 Å². The van der Waals surface area contributed by atoms with E-state index in [9.17, 15) is 0 Å². The molecule has 3 heteroatoms. The molecule has 0 amide bonds. The summed E-state index contributed by atoms with van der Waals surface area (Å²) >= 11 is 0. The molecule has 3 rings (SSSR count). The van der Waals surface area contributed by atoms with Crippen molar-refractivity contribution in [2.75, 3.05) is 4.90 Å². The molecule has 27 heavy (non-hydrogen) atoms. The number of rotatable bonds is 5. The molecule has 0 bridgehead atoms. The first kappa shape index (κ1) is 19.2. The van der Waals surface area contributed by atoms with Crippen molar-refractivity contribution in [2.24, 2.45) is 4.99 Å². The van der Waals surface area contributed by atoms with Crippen LogP contribution >= 0.6 is 0 Å². The molecule has 0 spiro atoms. The fourth-order valence-electron chi connectivity index (χ4n) is 3.49. The maximum atomic E-state index is 5.10. The third-order valence-corrected chi connectivity index (χ3v) is 4.78. The average Bonchev–Trinajstić information content (AvgIpc) is 3.11. The number of fused-ring (bicyclic) bond motifs is 1. The Bertz CT molecular complexity index is 846. The fourth-order valence-corrected chi connectivity index (χ4v) is 3.49. The van der Waals surface area contributed by atoms with Crippen LogP contribution in [-0.4, -0.2) is 18.0 Å². The molecule has 2 aromatic carbocycles. The number of aliphatic imine (C=N–C) groups is 1. The van der Waals surface area contributed by atoms with Gasteiger partial charge in [-0.1, -0.05) is 43.3 Å². The molecule has 0 aliphatic heterocycles. The van der Waals surface area contributed by atoms with Gasteiger partial charge >= 0.3 is 0 Å². The Labute approximate surface area is 163 Å². The summed E-state index contributed by atoms with van der Waals surface area (Å²) in [7, 11) is 0. The van der Waals surface area contributed by atoms with Crippen molar-refractivity contribution < 1.29 is 0 Å². The Morgan fingerprint density at radius 1 is 1.11 bits per heavy atom. The third kappa shape index (κ3) is 4.41. The van der Waals surface area contributed by atoms with E-state index >= 15 is 0 Å². The molecule has 142 valence electrons. The van der Waals surface area contributed by atoms with E-state index in [1.165, 1.54) is 22.4 Å². The van der Waals surface area contributed by atoms with Crippen molar-refractivity contribution in [3.8, 4) is 0 Å². The number of nitrogens with zero attached hydrogens (tertiary/aromatic N) is 2. The molecule has 1 N–H and O–H groups in total. The predicted molar refractivity (Wildman–Crippen MR) is 118 cm³/mol. The predicted octanol–water partition coefficient (Wildman–Crippen LogP) is 5.72. The van der Waals surface area contributed by atoms with E-state index in [-0.39, 0.29) is 6.04 Å². The lowest BCUT2D eigenvalue weighted by molar-refractivity contribution is 0.697. The van der Waals surface area contributed by atoms with Crippen molar-refractivity contribution in [1.82, 2.24) is 5.32 Å². The van der Waals surface area contributed by atoms with Crippen LogP contribution in [0.1, 0.15) is 51.3 Å². The van der Waals surface area contributed by atoms with Gasteiger partial charge in [-0.3, -0.25) is 0 Å². The van der Waals surface area contributed by atoms with Crippen molar-refractivity contribution in [1.29, 1.82) is 0 Å². The lowest BCUT2D eigenvalue weighted by Crippen LogP contribution is -2.47. The molecule has 0 saturated carbocycles. The number of hydrogen-bond acceptors (Lipinski definition) is 1. The zero-order chi connectivity index (χ0) is 19.4. The van der Waals surface area contributed by atoms with Crippen molar-refractivity contribution in [3.63, 3.8) is 0 Å². The lowest BCUT2D eigenvalue weighted by atomic mass is 10.1. The number of nitrogens with one attached hydrogen (secondary N) is 1. The summed E-state index contributed by atoms with van der Waals surface area (Å²) in [4.78, 5) is 7.41. The summed E-state index contributed by atoms with van der Waals surface area (Å²) in [5.74, 6) is 0.905. The molecule has 1 aliphatic carbocycles. The Kier molecular flexibility index (Phi) is 6.00. The van der Waals surface area contributed by atoms with Gasteiger partial charge in [0, 0.05) is 23.3 Å². The number of aryl methyl sites for hydroxylation is 1.